The molecular weight excluding hydrogens is 304 g/mol. The Hall–Kier alpha value is -1.69. The van der Waals surface area contributed by atoms with Crippen molar-refractivity contribution >= 4 is 11.9 Å². The number of nitrogens with one attached hydrogen (secondary N) is 1. The lowest BCUT2D eigenvalue weighted by Gasteiger charge is -2.34. The van der Waals surface area contributed by atoms with E-state index in [4.69, 9.17) is 0 Å². The summed E-state index contributed by atoms with van der Waals surface area (Å²) in [5.74, 6) is 1.16. The van der Waals surface area contributed by atoms with Gasteiger partial charge in [-0.05, 0) is 37.7 Å². The summed E-state index contributed by atoms with van der Waals surface area (Å²) in [5, 5.41) is 13.5. The van der Waals surface area contributed by atoms with E-state index in [-0.39, 0.29) is 12.3 Å². The van der Waals surface area contributed by atoms with Crippen molar-refractivity contribution < 1.29 is 9.90 Å². The fourth-order valence-electron chi connectivity index (χ4n) is 3.87. The van der Waals surface area contributed by atoms with Crippen molar-refractivity contribution in [3.8, 4) is 0 Å². The van der Waals surface area contributed by atoms with Crippen LogP contribution in [0.1, 0.15) is 51.4 Å². The molecule has 1 saturated carbocycles. The summed E-state index contributed by atoms with van der Waals surface area (Å²) in [6.45, 7) is 2.50. The summed E-state index contributed by atoms with van der Waals surface area (Å²) >= 11 is 0. The third-order valence-corrected chi connectivity index (χ3v) is 5.22. The van der Waals surface area contributed by atoms with Crippen molar-refractivity contribution in [2.75, 3.05) is 24.5 Å². The van der Waals surface area contributed by atoms with Crippen molar-refractivity contribution in [3.05, 3.63) is 18.5 Å². The first-order valence-electron chi connectivity index (χ1n) is 9.16. The Morgan fingerprint density at radius 1 is 1.25 bits per heavy atom. The monoisotopic (exact) mass is 332 g/mol. The van der Waals surface area contributed by atoms with Crippen LogP contribution in [0.15, 0.2) is 18.5 Å². The average molecular weight is 332 g/mol. The van der Waals surface area contributed by atoms with Crippen molar-refractivity contribution in [1.82, 2.24) is 15.3 Å². The minimum atomic E-state index is -0.779. The van der Waals surface area contributed by atoms with Gasteiger partial charge in [0.2, 0.25) is 11.9 Å². The molecule has 24 heavy (non-hydrogen) atoms. The number of anilines is 1. The number of hydrogen-bond donors (Lipinski definition) is 2. The van der Waals surface area contributed by atoms with Gasteiger partial charge in [0.25, 0.3) is 0 Å². The van der Waals surface area contributed by atoms with E-state index in [1.807, 2.05) is 6.07 Å². The van der Waals surface area contributed by atoms with E-state index in [2.05, 4.69) is 20.2 Å². The number of rotatable bonds is 5. The largest absolute Gasteiger partial charge is 0.389 e. The van der Waals surface area contributed by atoms with Gasteiger partial charge in [-0.25, -0.2) is 9.97 Å². The zero-order chi connectivity index (χ0) is 16.8. The topological polar surface area (TPSA) is 78.4 Å². The van der Waals surface area contributed by atoms with Crippen molar-refractivity contribution in [3.63, 3.8) is 0 Å². The second-order valence-corrected chi connectivity index (χ2v) is 7.27. The quantitative estimate of drug-likeness (QED) is 0.861. The van der Waals surface area contributed by atoms with E-state index >= 15 is 0 Å². The van der Waals surface area contributed by atoms with Gasteiger partial charge in [0.05, 0.1) is 12.0 Å². The molecule has 6 heteroatoms. The molecule has 0 radical (unpaired) electrons. The van der Waals surface area contributed by atoms with Crippen LogP contribution in [0.25, 0.3) is 0 Å². The molecule has 3 rings (SSSR count). The van der Waals surface area contributed by atoms with Gasteiger partial charge >= 0.3 is 0 Å². The smallest absolute Gasteiger partial charge is 0.225 e. The highest BCUT2D eigenvalue weighted by Crippen LogP contribution is 2.30. The van der Waals surface area contributed by atoms with E-state index in [0.717, 1.165) is 57.6 Å². The summed E-state index contributed by atoms with van der Waals surface area (Å²) in [7, 11) is 0. The maximum atomic E-state index is 12.2. The van der Waals surface area contributed by atoms with Crippen LogP contribution >= 0.6 is 0 Å². The first-order valence-corrected chi connectivity index (χ1v) is 9.16. The normalized spacial score (nSPS) is 23.7. The molecule has 0 spiro atoms. The number of aromatic nitrogens is 2. The Bertz CT molecular complexity index is 531. The minimum absolute atomic E-state index is 0.0208. The Balaban J connectivity index is 1.45. The molecule has 1 aliphatic carbocycles. The van der Waals surface area contributed by atoms with Gasteiger partial charge in [0, 0.05) is 32.0 Å². The molecule has 2 heterocycles. The first kappa shape index (κ1) is 17.1. The Morgan fingerprint density at radius 3 is 2.75 bits per heavy atom. The van der Waals surface area contributed by atoms with Crippen LogP contribution in [0.5, 0.6) is 0 Å². The second kappa shape index (κ2) is 7.92. The third kappa shape index (κ3) is 4.66. The molecular formula is C18H28N4O2. The van der Waals surface area contributed by atoms with Gasteiger partial charge in [-0.2, -0.15) is 0 Å². The average Bonchev–Trinajstić information content (AvgIpc) is 2.61. The van der Waals surface area contributed by atoms with Gasteiger partial charge in [-0.1, -0.05) is 19.3 Å². The van der Waals surface area contributed by atoms with Crippen LogP contribution in [0.3, 0.4) is 0 Å². The van der Waals surface area contributed by atoms with E-state index in [9.17, 15) is 9.90 Å². The highest BCUT2D eigenvalue weighted by atomic mass is 16.3. The van der Waals surface area contributed by atoms with Crippen molar-refractivity contribution in [2.45, 2.75) is 57.0 Å². The molecule has 1 aliphatic heterocycles. The number of nitrogens with zero attached hydrogens (tertiary/aromatic N) is 3. The Kier molecular flexibility index (Phi) is 5.66. The minimum Gasteiger partial charge on any atom is -0.389 e. The molecule has 1 unspecified atom stereocenters. The lowest BCUT2D eigenvalue weighted by molar-refractivity contribution is -0.127. The number of carbonyl (C=O) groups excluding carboxylic acids is 1. The summed E-state index contributed by atoms with van der Waals surface area (Å²) in [6, 6.07) is 1.82. The van der Waals surface area contributed by atoms with Gasteiger partial charge in [-0.3, -0.25) is 4.79 Å². The van der Waals surface area contributed by atoms with Gasteiger partial charge < -0.3 is 15.3 Å². The number of hydrogen-bond acceptors (Lipinski definition) is 5. The van der Waals surface area contributed by atoms with Crippen LogP contribution in [0, 0.1) is 5.92 Å². The van der Waals surface area contributed by atoms with Crippen molar-refractivity contribution in [2.24, 2.45) is 5.92 Å². The summed E-state index contributed by atoms with van der Waals surface area (Å²) in [5.41, 5.74) is -0.779. The predicted octanol–water partition coefficient (Wildman–Crippen LogP) is 1.89. The van der Waals surface area contributed by atoms with Crippen LogP contribution in [-0.2, 0) is 4.79 Å². The zero-order valence-electron chi connectivity index (χ0n) is 14.3. The first-order chi connectivity index (χ1) is 11.6. The zero-order valence-corrected chi connectivity index (χ0v) is 14.3. The number of aliphatic hydroxyl groups is 1. The van der Waals surface area contributed by atoms with Crippen LogP contribution < -0.4 is 10.2 Å². The maximum absolute atomic E-state index is 12.2. The maximum Gasteiger partial charge on any atom is 0.225 e. The molecule has 1 aromatic heterocycles. The van der Waals surface area contributed by atoms with E-state index < -0.39 is 5.60 Å². The van der Waals surface area contributed by atoms with Crippen molar-refractivity contribution in [1.29, 1.82) is 0 Å². The molecule has 2 N–H and O–H groups in total. The Labute approximate surface area is 143 Å². The molecule has 0 bridgehead atoms. The fourth-order valence-corrected chi connectivity index (χ4v) is 3.87. The SMILES string of the molecule is O=C(CC1(O)CCCCC1)NCC1CCCN(c2ncccn2)C1. The molecule has 1 saturated heterocycles. The van der Waals surface area contributed by atoms with Crippen LogP contribution in [0.2, 0.25) is 0 Å². The summed E-state index contributed by atoms with van der Waals surface area (Å²) in [4.78, 5) is 23.0. The molecule has 1 atom stereocenters. The predicted molar refractivity (Wildman–Crippen MR) is 92.6 cm³/mol. The summed E-state index contributed by atoms with van der Waals surface area (Å²) < 4.78 is 0. The van der Waals surface area contributed by atoms with Crippen LogP contribution in [-0.4, -0.2) is 46.2 Å². The number of amides is 1. The number of piperidine rings is 1. The molecule has 132 valence electrons. The standard InChI is InChI=1S/C18H28N4O2/c23-16(12-18(24)7-2-1-3-8-18)21-13-15-6-4-11-22(14-15)17-19-9-5-10-20-17/h5,9-10,15,24H,1-4,6-8,11-14H2,(H,21,23). The third-order valence-electron chi connectivity index (χ3n) is 5.22. The second-order valence-electron chi connectivity index (χ2n) is 7.27. The van der Waals surface area contributed by atoms with E-state index in [1.165, 1.54) is 6.42 Å². The number of carbonyl (C=O) groups is 1. The van der Waals surface area contributed by atoms with E-state index in [1.54, 1.807) is 12.4 Å². The van der Waals surface area contributed by atoms with Gasteiger partial charge in [-0.15, -0.1) is 0 Å². The lowest BCUT2D eigenvalue weighted by atomic mass is 9.82. The highest BCUT2D eigenvalue weighted by Gasteiger charge is 2.32. The molecule has 1 amide bonds. The van der Waals surface area contributed by atoms with E-state index in [0.29, 0.717) is 12.5 Å². The molecule has 0 aromatic carbocycles. The molecule has 2 aliphatic rings. The molecule has 1 aromatic rings. The molecule has 2 fully saturated rings. The van der Waals surface area contributed by atoms with Gasteiger partial charge in [0.1, 0.15) is 0 Å². The molecule has 6 nitrogen and oxygen atoms in total. The Morgan fingerprint density at radius 2 is 2.00 bits per heavy atom. The summed E-state index contributed by atoms with van der Waals surface area (Å²) in [6.07, 6.45) is 10.7. The fraction of sp³-hybridized carbons (Fsp3) is 0.722. The van der Waals surface area contributed by atoms with Gasteiger partial charge in [0.15, 0.2) is 0 Å². The lowest BCUT2D eigenvalue weighted by Crippen LogP contribution is -2.43. The highest BCUT2D eigenvalue weighted by molar-refractivity contribution is 5.77. The van der Waals surface area contributed by atoms with Crippen LogP contribution in [0.4, 0.5) is 5.95 Å².